The minimum Gasteiger partial charge on any atom is -0.367 e. The molecule has 2 rings (SSSR count). The lowest BCUT2D eigenvalue weighted by atomic mass is 9.88. The molecule has 2 heterocycles. The summed E-state index contributed by atoms with van der Waals surface area (Å²) in [6, 6.07) is -0.135. The van der Waals surface area contributed by atoms with E-state index >= 15 is 0 Å². The molecule has 0 aromatic carbocycles. The van der Waals surface area contributed by atoms with Gasteiger partial charge in [0.15, 0.2) is 0 Å². The largest absolute Gasteiger partial charge is 0.398 e. The number of nitrogens with one attached hydrogen (secondary N) is 1. The van der Waals surface area contributed by atoms with Crippen LogP contribution < -0.4 is 10.9 Å². The highest BCUT2D eigenvalue weighted by molar-refractivity contribution is 5.82. The Morgan fingerprint density at radius 1 is 1.30 bits per heavy atom. The molecule has 27 heavy (non-hydrogen) atoms. The molecule has 0 amide bonds. The summed E-state index contributed by atoms with van der Waals surface area (Å²) in [4.78, 5) is 29.6. The van der Waals surface area contributed by atoms with Crippen LogP contribution in [0.4, 0.5) is 19.0 Å². The number of carbonyl (C=O) groups is 1. The lowest BCUT2D eigenvalue weighted by molar-refractivity contribution is -0.156. The Hall–Kier alpha value is -1.86. The molecule has 0 spiro atoms. The third-order valence-corrected chi connectivity index (χ3v) is 4.40. The summed E-state index contributed by atoms with van der Waals surface area (Å²) in [6.07, 6.45) is -4.14. The minimum atomic E-state index is -4.46. The lowest BCUT2D eigenvalue weighted by Gasteiger charge is -2.29. The second-order valence-electron chi connectivity index (χ2n) is 8.74. The molecule has 0 saturated heterocycles. The first kappa shape index (κ1) is 21.4. The molecular formula is C19H28F3N3O2. The van der Waals surface area contributed by atoms with Crippen molar-refractivity contribution in [3.05, 3.63) is 21.7 Å². The maximum atomic E-state index is 13.4. The second-order valence-corrected chi connectivity index (χ2v) is 8.74. The third kappa shape index (κ3) is 5.32. The van der Waals surface area contributed by atoms with Crippen LogP contribution in [0.3, 0.4) is 0 Å². The molecule has 0 bridgehead atoms. The van der Waals surface area contributed by atoms with Crippen LogP contribution in [0.2, 0.25) is 0 Å². The van der Waals surface area contributed by atoms with Gasteiger partial charge in [-0.3, -0.25) is 14.2 Å². The van der Waals surface area contributed by atoms with E-state index in [1.165, 1.54) is 0 Å². The topological polar surface area (TPSA) is 64.0 Å². The number of rotatable bonds is 5. The fourth-order valence-electron chi connectivity index (χ4n) is 3.39. The van der Waals surface area contributed by atoms with Crippen molar-refractivity contribution in [1.29, 1.82) is 0 Å². The third-order valence-electron chi connectivity index (χ3n) is 4.40. The van der Waals surface area contributed by atoms with Gasteiger partial charge >= 0.3 is 6.18 Å². The van der Waals surface area contributed by atoms with Crippen molar-refractivity contribution in [3.63, 3.8) is 0 Å². The molecule has 1 unspecified atom stereocenters. The average molecular weight is 387 g/mol. The molecule has 1 N–H and O–H groups in total. The van der Waals surface area contributed by atoms with E-state index in [4.69, 9.17) is 0 Å². The van der Waals surface area contributed by atoms with Crippen molar-refractivity contribution in [1.82, 2.24) is 9.55 Å². The quantitative estimate of drug-likeness (QED) is 0.828. The number of aromatic nitrogens is 2. The van der Waals surface area contributed by atoms with Gasteiger partial charge in [0.25, 0.3) is 5.56 Å². The van der Waals surface area contributed by atoms with E-state index in [0.29, 0.717) is 0 Å². The number of hydrogen-bond acceptors (Lipinski definition) is 4. The van der Waals surface area contributed by atoms with E-state index in [-0.39, 0.29) is 66.7 Å². The molecule has 5 nitrogen and oxygen atoms in total. The second kappa shape index (κ2) is 7.64. The van der Waals surface area contributed by atoms with Crippen LogP contribution in [0.15, 0.2) is 4.79 Å². The zero-order valence-corrected chi connectivity index (χ0v) is 16.5. The van der Waals surface area contributed by atoms with Gasteiger partial charge in [-0.15, -0.1) is 0 Å². The SMILES string of the molecule is CC(C)Nc1nc2n(c(=O)c1CC(=O)CC(C)(C)C)CCCC2C(F)(F)F. The molecule has 0 saturated carbocycles. The van der Waals surface area contributed by atoms with Crippen LogP contribution in [0.5, 0.6) is 0 Å². The highest BCUT2D eigenvalue weighted by Gasteiger charge is 2.45. The van der Waals surface area contributed by atoms with Crippen molar-refractivity contribution in [2.75, 3.05) is 5.32 Å². The molecule has 1 aromatic rings. The highest BCUT2D eigenvalue weighted by Crippen LogP contribution is 2.40. The Morgan fingerprint density at radius 3 is 2.44 bits per heavy atom. The number of nitrogens with zero attached hydrogens (tertiary/aromatic N) is 2. The first-order valence-electron chi connectivity index (χ1n) is 9.28. The summed E-state index contributed by atoms with van der Waals surface area (Å²) in [5.41, 5.74) is -0.619. The summed E-state index contributed by atoms with van der Waals surface area (Å²) in [6.45, 7) is 9.57. The minimum absolute atomic E-state index is 0.0840. The van der Waals surface area contributed by atoms with Crippen molar-refractivity contribution >= 4 is 11.6 Å². The van der Waals surface area contributed by atoms with Crippen molar-refractivity contribution in [2.45, 2.75) is 85.0 Å². The van der Waals surface area contributed by atoms with Crippen molar-refractivity contribution < 1.29 is 18.0 Å². The Morgan fingerprint density at radius 2 is 1.93 bits per heavy atom. The van der Waals surface area contributed by atoms with Gasteiger partial charge in [0.1, 0.15) is 23.3 Å². The molecule has 1 aliphatic rings. The molecule has 8 heteroatoms. The van der Waals surface area contributed by atoms with Crippen molar-refractivity contribution in [3.8, 4) is 0 Å². The molecule has 1 aromatic heterocycles. The van der Waals surface area contributed by atoms with Gasteiger partial charge < -0.3 is 5.32 Å². The van der Waals surface area contributed by atoms with E-state index in [0.717, 1.165) is 4.57 Å². The standard InChI is InChI=1S/C19H28F3N3O2/c1-11(2)23-15-13(9-12(26)10-18(3,4)5)17(27)25-8-6-7-14(16(25)24-15)19(20,21)22/h11,14,23H,6-10H2,1-5H3. The predicted octanol–water partition coefficient (Wildman–Crippen LogP) is 4.05. The molecule has 152 valence electrons. The van der Waals surface area contributed by atoms with Crippen LogP contribution >= 0.6 is 0 Å². The normalized spacial score (nSPS) is 17.7. The van der Waals surface area contributed by atoms with Gasteiger partial charge in [0.2, 0.25) is 0 Å². The maximum absolute atomic E-state index is 13.4. The highest BCUT2D eigenvalue weighted by atomic mass is 19.4. The van der Waals surface area contributed by atoms with Crippen LogP contribution in [-0.2, 0) is 17.8 Å². The van der Waals surface area contributed by atoms with Crippen LogP contribution in [0.1, 0.15) is 71.2 Å². The molecule has 0 fully saturated rings. The zero-order valence-electron chi connectivity index (χ0n) is 16.5. The van der Waals surface area contributed by atoms with E-state index in [9.17, 15) is 22.8 Å². The molecule has 0 aliphatic carbocycles. The summed E-state index contributed by atoms with van der Waals surface area (Å²) in [5, 5.41) is 2.96. The van der Waals surface area contributed by atoms with Crippen molar-refractivity contribution in [2.24, 2.45) is 5.41 Å². The number of Topliss-reactive ketones (excluding diaryl/α,β-unsaturated/α-hetero) is 1. The Kier molecular flexibility index (Phi) is 6.06. The van der Waals surface area contributed by atoms with Gasteiger partial charge in [0, 0.05) is 25.4 Å². The van der Waals surface area contributed by atoms with Crippen LogP contribution in [-0.4, -0.2) is 27.6 Å². The predicted molar refractivity (Wildman–Crippen MR) is 98.1 cm³/mol. The maximum Gasteiger partial charge on any atom is 0.398 e. The molecule has 0 radical (unpaired) electrons. The van der Waals surface area contributed by atoms with Gasteiger partial charge in [-0.1, -0.05) is 20.8 Å². The van der Waals surface area contributed by atoms with Crippen LogP contribution in [0, 0.1) is 5.41 Å². The van der Waals surface area contributed by atoms with E-state index in [2.05, 4.69) is 10.3 Å². The summed E-state index contributed by atoms with van der Waals surface area (Å²) < 4.78 is 41.3. The smallest absolute Gasteiger partial charge is 0.367 e. The number of alkyl halides is 3. The van der Waals surface area contributed by atoms with Gasteiger partial charge in [-0.05, 0) is 32.1 Å². The number of anilines is 1. The monoisotopic (exact) mass is 387 g/mol. The van der Waals surface area contributed by atoms with E-state index < -0.39 is 17.7 Å². The number of halogens is 3. The first-order valence-corrected chi connectivity index (χ1v) is 9.28. The first-order chi connectivity index (χ1) is 12.3. The average Bonchev–Trinajstić information content (AvgIpc) is 2.47. The zero-order chi connectivity index (χ0) is 20.6. The summed E-state index contributed by atoms with van der Waals surface area (Å²) in [5.74, 6) is -2.04. The summed E-state index contributed by atoms with van der Waals surface area (Å²) >= 11 is 0. The number of fused-ring (bicyclic) bond motifs is 1. The fraction of sp³-hybridized carbons (Fsp3) is 0.737. The van der Waals surface area contributed by atoms with Crippen LogP contribution in [0.25, 0.3) is 0 Å². The van der Waals surface area contributed by atoms with Gasteiger partial charge in [-0.2, -0.15) is 13.2 Å². The van der Waals surface area contributed by atoms with E-state index in [1.807, 2.05) is 20.8 Å². The molecular weight excluding hydrogens is 359 g/mol. The number of carbonyl (C=O) groups excluding carboxylic acids is 1. The summed E-state index contributed by atoms with van der Waals surface area (Å²) in [7, 11) is 0. The number of ketones is 1. The number of hydrogen-bond donors (Lipinski definition) is 1. The Balaban J connectivity index is 2.54. The Bertz CT molecular complexity index is 761. The lowest BCUT2D eigenvalue weighted by Crippen LogP contribution is -2.38. The molecule has 1 atom stereocenters. The fourth-order valence-corrected chi connectivity index (χ4v) is 3.39. The van der Waals surface area contributed by atoms with E-state index in [1.54, 1.807) is 13.8 Å². The van der Waals surface area contributed by atoms with Gasteiger partial charge in [-0.25, -0.2) is 4.98 Å². The molecule has 1 aliphatic heterocycles. The Labute approximate surface area is 157 Å². The van der Waals surface area contributed by atoms with Gasteiger partial charge in [0.05, 0.1) is 5.56 Å².